The van der Waals surface area contributed by atoms with Gasteiger partial charge in [0, 0.05) is 18.2 Å². The van der Waals surface area contributed by atoms with Crippen LogP contribution in [-0.4, -0.2) is 12.3 Å². The van der Waals surface area contributed by atoms with Gasteiger partial charge in [-0.2, -0.15) is 0 Å². The molecule has 0 aromatic heterocycles. The molecule has 4 rings (SSSR count). The summed E-state index contributed by atoms with van der Waals surface area (Å²) in [6.45, 7) is 0.882. The van der Waals surface area contributed by atoms with Crippen molar-refractivity contribution in [3.05, 3.63) is 95.1 Å². The summed E-state index contributed by atoms with van der Waals surface area (Å²) >= 11 is 0. The van der Waals surface area contributed by atoms with Crippen LogP contribution >= 0.6 is 0 Å². The summed E-state index contributed by atoms with van der Waals surface area (Å²) in [6.07, 6.45) is 3.13. The van der Waals surface area contributed by atoms with Crippen LogP contribution in [0, 0.1) is 0 Å². The van der Waals surface area contributed by atoms with Crippen LogP contribution in [0.1, 0.15) is 27.0 Å². The third-order valence-corrected chi connectivity index (χ3v) is 4.96. The Balaban J connectivity index is 1.39. The van der Waals surface area contributed by atoms with E-state index >= 15 is 0 Å². The third kappa shape index (κ3) is 3.54. The molecule has 25 heavy (non-hydrogen) atoms. The van der Waals surface area contributed by atoms with Gasteiger partial charge in [0.15, 0.2) is 0 Å². The largest absolute Gasteiger partial charge is 0.309 e. The fraction of sp³-hybridized carbons (Fsp3) is 0.174. The summed E-state index contributed by atoms with van der Waals surface area (Å²) < 4.78 is 0. The van der Waals surface area contributed by atoms with Crippen molar-refractivity contribution in [1.82, 2.24) is 5.32 Å². The minimum Gasteiger partial charge on any atom is -0.309 e. The zero-order valence-corrected chi connectivity index (χ0v) is 14.1. The number of rotatable bonds is 5. The fourth-order valence-electron chi connectivity index (χ4n) is 3.57. The molecule has 0 spiro atoms. The van der Waals surface area contributed by atoms with Crippen molar-refractivity contribution in [2.24, 2.45) is 0 Å². The van der Waals surface area contributed by atoms with Gasteiger partial charge in [0.25, 0.3) is 0 Å². The van der Waals surface area contributed by atoms with E-state index in [9.17, 15) is 4.79 Å². The highest BCUT2D eigenvalue weighted by Crippen LogP contribution is 2.23. The number of aldehydes is 1. The molecule has 0 saturated carbocycles. The Morgan fingerprint density at radius 2 is 1.56 bits per heavy atom. The first kappa shape index (κ1) is 15.8. The quantitative estimate of drug-likeness (QED) is 0.703. The molecule has 2 heteroatoms. The van der Waals surface area contributed by atoms with Gasteiger partial charge in [-0.15, -0.1) is 0 Å². The van der Waals surface area contributed by atoms with Gasteiger partial charge in [-0.3, -0.25) is 4.79 Å². The Labute approximate surface area is 148 Å². The molecule has 0 amide bonds. The van der Waals surface area contributed by atoms with E-state index in [-0.39, 0.29) is 0 Å². The number of fused-ring (bicyclic) bond motifs is 1. The maximum absolute atomic E-state index is 10.9. The molecule has 3 aromatic rings. The first-order chi connectivity index (χ1) is 12.3. The van der Waals surface area contributed by atoms with Crippen LogP contribution < -0.4 is 5.32 Å². The van der Waals surface area contributed by atoms with Gasteiger partial charge in [-0.05, 0) is 46.7 Å². The summed E-state index contributed by atoms with van der Waals surface area (Å²) in [5, 5.41) is 3.68. The molecule has 0 saturated heterocycles. The fourth-order valence-corrected chi connectivity index (χ4v) is 3.57. The monoisotopic (exact) mass is 327 g/mol. The molecule has 0 aliphatic heterocycles. The number of hydrogen-bond donors (Lipinski definition) is 1. The number of benzene rings is 3. The Kier molecular flexibility index (Phi) is 4.45. The Bertz CT molecular complexity index is 858. The van der Waals surface area contributed by atoms with Gasteiger partial charge >= 0.3 is 0 Å². The zero-order chi connectivity index (χ0) is 17.1. The molecule has 1 aliphatic rings. The summed E-state index contributed by atoms with van der Waals surface area (Å²) in [5.41, 5.74) is 7.17. The minimum atomic E-state index is 0.529. The molecule has 0 fully saturated rings. The van der Waals surface area contributed by atoms with E-state index in [1.54, 1.807) is 0 Å². The van der Waals surface area contributed by atoms with Gasteiger partial charge in [0.05, 0.1) is 0 Å². The molecular weight excluding hydrogens is 306 g/mol. The molecule has 0 radical (unpaired) electrons. The average Bonchev–Trinajstić information content (AvgIpc) is 3.10. The molecule has 0 bridgehead atoms. The van der Waals surface area contributed by atoms with E-state index < -0.39 is 0 Å². The highest BCUT2D eigenvalue weighted by atomic mass is 16.1. The summed E-state index contributed by atoms with van der Waals surface area (Å²) in [6, 6.07) is 25.6. The van der Waals surface area contributed by atoms with Gasteiger partial charge in [0.1, 0.15) is 6.29 Å². The lowest BCUT2D eigenvalue weighted by Gasteiger charge is -2.12. The third-order valence-electron chi connectivity index (χ3n) is 4.96. The second-order valence-corrected chi connectivity index (χ2v) is 6.70. The lowest BCUT2D eigenvalue weighted by molar-refractivity contribution is 0.112. The normalized spacial score (nSPS) is 13.6. The SMILES string of the molecule is O=Cc1cccc(-c2ccc(CNC3Cc4ccccc4C3)cc2)c1. The summed E-state index contributed by atoms with van der Waals surface area (Å²) in [4.78, 5) is 10.9. The predicted molar refractivity (Wildman–Crippen MR) is 102 cm³/mol. The molecule has 0 heterocycles. The van der Waals surface area contributed by atoms with Crippen LogP contribution in [0.4, 0.5) is 0 Å². The van der Waals surface area contributed by atoms with Crippen LogP contribution in [0.15, 0.2) is 72.8 Å². The van der Waals surface area contributed by atoms with E-state index in [0.717, 1.165) is 36.8 Å². The topological polar surface area (TPSA) is 29.1 Å². The van der Waals surface area contributed by atoms with Crippen LogP contribution in [0.2, 0.25) is 0 Å². The predicted octanol–water partition coefficient (Wildman–Crippen LogP) is 4.42. The molecule has 0 unspecified atom stereocenters. The number of carbonyl (C=O) groups excluding carboxylic acids is 1. The number of nitrogens with one attached hydrogen (secondary N) is 1. The van der Waals surface area contributed by atoms with Gasteiger partial charge in [0.2, 0.25) is 0 Å². The Morgan fingerprint density at radius 1 is 0.840 bits per heavy atom. The Hall–Kier alpha value is -2.71. The van der Waals surface area contributed by atoms with E-state index in [1.165, 1.54) is 16.7 Å². The smallest absolute Gasteiger partial charge is 0.150 e. The first-order valence-corrected chi connectivity index (χ1v) is 8.76. The number of carbonyl (C=O) groups is 1. The summed E-state index contributed by atoms with van der Waals surface area (Å²) in [7, 11) is 0. The zero-order valence-electron chi connectivity index (χ0n) is 14.1. The standard InChI is InChI=1S/C23H21NO/c25-16-18-4-3-7-20(12-18)19-10-8-17(9-11-19)15-24-23-13-21-5-1-2-6-22(21)14-23/h1-12,16,23-24H,13-15H2. The van der Waals surface area contributed by atoms with Gasteiger partial charge < -0.3 is 5.32 Å². The molecule has 0 atom stereocenters. The second kappa shape index (κ2) is 7.04. The maximum atomic E-state index is 10.9. The van der Waals surface area contributed by atoms with Crippen LogP contribution in [-0.2, 0) is 19.4 Å². The molecule has 1 N–H and O–H groups in total. The highest BCUT2D eigenvalue weighted by molar-refractivity contribution is 5.78. The summed E-state index contributed by atoms with van der Waals surface area (Å²) in [5.74, 6) is 0. The van der Waals surface area contributed by atoms with Crippen molar-refractivity contribution in [1.29, 1.82) is 0 Å². The lowest BCUT2D eigenvalue weighted by atomic mass is 10.0. The molecule has 1 aliphatic carbocycles. The van der Waals surface area contributed by atoms with Crippen molar-refractivity contribution in [3.63, 3.8) is 0 Å². The van der Waals surface area contributed by atoms with Crippen molar-refractivity contribution < 1.29 is 4.79 Å². The number of hydrogen-bond acceptors (Lipinski definition) is 2. The van der Waals surface area contributed by atoms with Crippen LogP contribution in [0.3, 0.4) is 0 Å². The van der Waals surface area contributed by atoms with E-state index in [4.69, 9.17) is 0 Å². The van der Waals surface area contributed by atoms with Crippen molar-refractivity contribution in [2.75, 3.05) is 0 Å². The van der Waals surface area contributed by atoms with Crippen LogP contribution in [0.5, 0.6) is 0 Å². The lowest BCUT2D eigenvalue weighted by Crippen LogP contribution is -2.28. The molecular formula is C23H21NO. The molecule has 3 aromatic carbocycles. The van der Waals surface area contributed by atoms with E-state index in [2.05, 4.69) is 53.8 Å². The van der Waals surface area contributed by atoms with Crippen LogP contribution in [0.25, 0.3) is 11.1 Å². The van der Waals surface area contributed by atoms with Gasteiger partial charge in [-0.1, -0.05) is 66.7 Å². The second-order valence-electron chi connectivity index (χ2n) is 6.70. The maximum Gasteiger partial charge on any atom is 0.150 e. The van der Waals surface area contributed by atoms with Crippen molar-refractivity contribution >= 4 is 6.29 Å². The van der Waals surface area contributed by atoms with Crippen molar-refractivity contribution in [3.8, 4) is 11.1 Å². The minimum absolute atomic E-state index is 0.529. The van der Waals surface area contributed by atoms with E-state index in [1.807, 2.05) is 24.3 Å². The molecule has 2 nitrogen and oxygen atoms in total. The Morgan fingerprint density at radius 3 is 2.24 bits per heavy atom. The first-order valence-electron chi connectivity index (χ1n) is 8.76. The van der Waals surface area contributed by atoms with Crippen molar-refractivity contribution in [2.45, 2.75) is 25.4 Å². The van der Waals surface area contributed by atoms with Gasteiger partial charge in [-0.25, -0.2) is 0 Å². The highest BCUT2D eigenvalue weighted by Gasteiger charge is 2.19. The van der Waals surface area contributed by atoms with E-state index in [0.29, 0.717) is 11.6 Å². The average molecular weight is 327 g/mol. The molecule has 124 valence electrons.